The summed E-state index contributed by atoms with van der Waals surface area (Å²) in [5.74, 6) is 1.27. The first-order valence-electron chi connectivity index (χ1n) is 7.24. The van der Waals surface area contributed by atoms with Crippen molar-refractivity contribution in [3.8, 4) is 10.8 Å². The molecule has 0 aliphatic carbocycles. The highest BCUT2D eigenvalue weighted by molar-refractivity contribution is 7.13. The second-order valence-electron chi connectivity index (χ2n) is 6.22. The van der Waals surface area contributed by atoms with Gasteiger partial charge in [0.25, 0.3) is 5.89 Å². The molecule has 0 N–H and O–H groups in total. The SMILES string of the molecule is C[C@@H]1CN([C@@H](C)c2nnc(-c3cccs3)o2)CC(C)(C)O1. The van der Waals surface area contributed by atoms with Crippen LogP contribution in [0.2, 0.25) is 0 Å². The lowest BCUT2D eigenvalue weighted by molar-refractivity contribution is -0.138. The third kappa shape index (κ3) is 3.17. The second-order valence-corrected chi connectivity index (χ2v) is 7.16. The van der Waals surface area contributed by atoms with Crippen LogP contribution in [0.15, 0.2) is 21.9 Å². The van der Waals surface area contributed by atoms with Gasteiger partial charge in [0, 0.05) is 13.1 Å². The number of nitrogens with zero attached hydrogens (tertiary/aromatic N) is 3. The fourth-order valence-electron chi connectivity index (χ4n) is 2.86. The summed E-state index contributed by atoms with van der Waals surface area (Å²) < 4.78 is 11.8. The lowest BCUT2D eigenvalue weighted by Crippen LogP contribution is -2.52. The van der Waals surface area contributed by atoms with E-state index in [1.165, 1.54) is 0 Å². The number of thiophene rings is 1. The first-order chi connectivity index (χ1) is 9.94. The predicted octanol–water partition coefficient (Wildman–Crippen LogP) is 3.36. The third-order valence-electron chi connectivity index (χ3n) is 3.67. The highest BCUT2D eigenvalue weighted by Crippen LogP contribution is 2.30. The van der Waals surface area contributed by atoms with Crippen LogP contribution in [-0.4, -0.2) is 39.9 Å². The largest absolute Gasteiger partial charge is 0.418 e. The van der Waals surface area contributed by atoms with Gasteiger partial charge in [-0.25, -0.2) is 0 Å². The van der Waals surface area contributed by atoms with E-state index in [9.17, 15) is 0 Å². The minimum Gasteiger partial charge on any atom is -0.418 e. The van der Waals surface area contributed by atoms with Crippen molar-refractivity contribution in [3.05, 3.63) is 23.4 Å². The first-order valence-corrected chi connectivity index (χ1v) is 8.12. The van der Waals surface area contributed by atoms with Crippen LogP contribution in [0.25, 0.3) is 10.8 Å². The van der Waals surface area contributed by atoms with Crippen molar-refractivity contribution in [3.63, 3.8) is 0 Å². The van der Waals surface area contributed by atoms with Gasteiger partial charge < -0.3 is 9.15 Å². The minimum absolute atomic E-state index is 0.0943. The van der Waals surface area contributed by atoms with Gasteiger partial charge in [-0.3, -0.25) is 4.90 Å². The molecule has 1 fully saturated rings. The van der Waals surface area contributed by atoms with Crippen LogP contribution in [0.4, 0.5) is 0 Å². The first kappa shape index (κ1) is 14.7. The van der Waals surface area contributed by atoms with Gasteiger partial charge in [0.1, 0.15) is 0 Å². The van der Waals surface area contributed by atoms with E-state index in [1.807, 2.05) is 17.5 Å². The summed E-state index contributed by atoms with van der Waals surface area (Å²) in [4.78, 5) is 3.36. The van der Waals surface area contributed by atoms with Crippen molar-refractivity contribution in [2.45, 2.75) is 45.4 Å². The van der Waals surface area contributed by atoms with Crippen LogP contribution in [0, 0.1) is 0 Å². The Kier molecular flexibility index (Phi) is 3.86. The maximum Gasteiger partial charge on any atom is 0.257 e. The summed E-state index contributed by atoms with van der Waals surface area (Å²) >= 11 is 1.61. The summed E-state index contributed by atoms with van der Waals surface area (Å²) in [6.45, 7) is 10.2. The Morgan fingerprint density at radius 3 is 2.90 bits per heavy atom. The number of ether oxygens (including phenoxy) is 1. The van der Waals surface area contributed by atoms with Crippen LogP contribution in [-0.2, 0) is 4.74 Å². The molecule has 0 aromatic carbocycles. The number of morpholine rings is 1. The van der Waals surface area contributed by atoms with Crippen molar-refractivity contribution in [2.24, 2.45) is 0 Å². The zero-order valence-corrected chi connectivity index (χ0v) is 13.7. The standard InChI is InChI=1S/C15H21N3O2S/c1-10-8-18(9-15(3,4)20-10)11(2)13-16-17-14(19-13)12-6-5-7-21-12/h5-7,10-11H,8-9H2,1-4H3/t10-,11+/m1/s1. The summed E-state index contributed by atoms with van der Waals surface area (Å²) in [5, 5.41) is 10.4. The molecule has 3 rings (SSSR count). The predicted molar refractivity (Wildman–Crippen MR) is 82.2 cm³/mol. The summed E-state index contributed by atoms with van der Waals surface area (Å²) in [7, 11) is 0. The fourth-order valence-corrected chi connectivity index (χ4v) is 3.50. The van der Waals surface area contributed by atoms with Gasteiger partial charge in [0.05, 0.1) is 22.6 Å². The molecule has 1 aliphatic rings. The van der Waals surface area contributed by atoms with Gasteiger partial charge in [0.2, 0.25) is 5.89 Å². The topological polar surface area (TPSA) is 51.4 Å². The molecule has 2 aromatic heterocycles. The van der Waals surface area contributed by atoms with Crippen molar-refractivity contribution in [1.82, 2.24) is 15.1 Å². The maximum absolute atomic E-state index is 5.95. The molecule has 0 spiro atoms. The molecule has 2 atom stereocenters. The molecule has 6 heteroatoms. The average molecular weight is 307 g/mol. The van der Waals surface area contributed by atoms with E-state index in [4.69, 9.17) is 9.15 Å². The fraction of sp³-hybridized carbons (Fsp3) is 0.600. The quantitative estimate of drug-likeness (QED) is 0.870. The number of rotatable bonds is 3. The molecule has 5 nitrogen and oxygen atoms in total. The van der Waals surface area contributed by atoms with E-state index in [0.717, 1.165) is 18.0 Å². The van der Waals surface area contributed by atoms with E-state index in [-0.39, 0.29) is 17.7 Å². The number of aromatic nitrogens is 2. The maximum atomic E-state index is 5.95. The van der Waals surface area contributed by atoms with Gasteiger partial charge in [-0.15, -0.1) is 21.5 Å². The monoisotopic (exact) mass is 307 g/mol. The Morgan fingerprint density at radius 2 is 2.24 bits per heavy atom. The van der Waals surface area contributed by atoms with Crippen molar-refractivity contribution in [1.29, 1.82) is 0 Å². The lowest BCUT2D eigenvalue weighted by atomic mass is 10.0. The second kappa shape index (κ2) is 5.51. The van der Waals surface area contributed by atoms with Crippen LogP contribution < -0.4 is 0 Å². The Bertz CT molecular complexity index is 594. The molecule has 1 aliphatic heterocycles. The van der Waals surface area contributed by atoms with E-state index in [2.05, 4.69) is 42.8 Å². The van der Waals surface area contributed by atoms with Crippen LogP contribution in [0.5, 0.6) is 0 Å². The summed E-state index contributed by atoms with van der Waals surface area (Å²) in [6.07, 6.45) is 0.205. The van der Waals surface area contributed by atoms with Crippen molar-refractivity contribution in [2.75, 3.05) is 13.1 Å². The molecule has 0 bridgehead atoms. The van der Waals surface area contributed by atoms with Crippen LogP contribution >= 0.6 is 11.3 Å². The molecule has 0 saturated carbocycles. The molecule has 21 heavy (non-hydrogen) atoms. The van der Waals surface area contributed by atoms with Gasteiger partial charge in [-0.05, 0) is 39.1 Å². The normalized spacial score (nSPS) is 24.1. The zero-order valence-electron chi connectivity index (χ0n) is 12.9. The van der Waals surface area contributed by atoms with E-state index in [1.54, 1.807) is 11.3 Å². The molecule has 3 heterocycles. The Balaban J connectivity index is 1.77. The Hall–Kier alpha value is -1.24. The van der Waals surface area contributed by atoms with Gasteiger partial charge >= 0.3 is 0 Å². The third-order valence-corrected chi connectivity index (χ3v) is 4.53. The smallest absolute Gasteiger partial charge is 0.257 e. The Morgan fingerprint density at radius 1 is 1.43 bits per heavy atom. The lowest BCUT2D eigenvalue weighted by Gasteiger charge is -2.43. The number of hydrogen-bond acceptors (Lipinski definition) is 6. The molecule has 2 aromatic rings. The van der Waals surface area contributed by atoms with Gasteiger partial charge in [0.15, 0.2) is 0 Å². The van der Waals surface area contributed by atoms with Gasteiger partial charge in [-0.1, -0.05) is 6.07 Å². The average Bonchev–Trinajstić information content (AvgIpc) is 3.06. The zero-order chi connectivity index (χ0) is 15.0. The minimum atomic E-state index is -0.150. The molecular weight excluding hydrogens is 286 g/mol. The molecule has 1 saturated heterocycles. The molecule has 0 radical (unpaired) electrons. The van der Waals surface area contributed by atoms with Gasteiger partial charge in [-0.2, -0.15) is 0 Å². The molecule has 114 valence electrons. The summed E-state index contributed by atoms with van der Waals surface area (Å²) in [6, 6.07) is 4.07. The van der Waals surface area contributed by atoms with E-state index in [0.29, 0.717) is 11.8 Å². The highest BCUT2D eigenvalue weighted by Gasteiger charge is 2.35. The van der Waals surface area contributed by atoms with E-state index >= 15 is 0 Å². The Labute approximate surface area is 128 Å². The van der Waals surface area contributed by atoms with Crippen molar-refractivity contribution >= 4 is 11.3 Å². The molecule has 0 amide bonds. The van der Waals surface area contributed by atoms with Crippen LogP contribution in [0.1, 0.15) is 39.6 Å². The highest BCUT2D eigenvalue weighted by atomic mass is 32.1. The molecule has 0 unspecified atom stereocenters. The van der Waals surface area contributed by atoms with Crippen LogP contribution in [0.3, 0.4) is 0 Å². The molecular formula is C15H21N3O2S. The van der Waals surface area contributed by atoms with E-state index < -0.39 is 0 Å². The van der Waals surface area contributed by atoms with Crippen molar-refractivity contribution < 1.29 is 9.15 Å². The number of hydrogen-bond donors (Lipinski definition) is 0. The summed E-state index contributed by atoms with van der Waals surface area (Å²) in [5.41, 5.74) is -0.150.